The molecular formula is C15H27NO. The minimum atomic E-state index is 0.557. The molecule has 3 fully saturated rings. The van der Waals surface area contributed by atoms with E-state index in [1.807, 2.05) is 7.11 Å². The highest BCUT2D eigenvalue weighted by Gasteiger charge is 2.53. The van der Waals surface area contributed by atoms with E-state index in [1.54, 1.807) is 0 Å². The Balaban J connectivity index is 1.69. The molecule has 0 radical (unpaired) electrons. The molecule has 2 bridgehead atoms. The van der Waals surface area contributed by atoms with Crippen LogP contribution in [0.4, 0.5) is 0 Å². The van der Waals surface area contributed by atoms with E-state index in [0.29, 0.717) is 11.3 Å². The SMILES string of the molecule is COCC(C)C1(CNC2CC2)CC2CCC1C2. The van der Waals surface area contributed by atoms with Crippen molar-refractivity contribution in [1.82, 2.24) is 5.32 Å². The summed E-state index contributed by atoms with van der Waals surface area (Å²) in [5, 5.41) is 3.81. The molecule has 2 heteroatoms. The molecule has 0 spiro atoms. The van der Waals surface area contributed by atoms with Crippen molar-refractivity contribution in [2.45, 2.75) is 51.5 Å². The maximum absolute atomic E-state index is 5.44. The van der Waals surface area contributed by atoms with E-state index in [-0.39, 0.29) is 0 Å². The zero-order valence-electron chi connectivity index (χ0n) is 11.4. The van der Waals surface area contributed by atoms with Crippen molar-refractivity contribution < 1.29 is 4.74 Å². The maximum Gasteiger partial charge on any atom is 0.0493 e. The first-order valence-electron chi connectivity index (χ1n) is 7.47. The van der Waals surface area contributed by atoms with E-state index in [0.717, 1.165) is 24.5 Å². The largest absolute Gasteiger partial charge is 0.384 e. The summed E-state index contributed by atoms with van der Waals surface area (Å²) in [6.07, 6.45) is 8.74. The van der Waals surface area contributed by atoms with Crippen LogP contribution in [-0.2, 0) is 4.74 Å². The molecule has 0 heterocycles. The highest BCUT2D eigenvalue weighted by Crippen LogP contribution is 2.59. The van der Waals surface area contributed by atoms with Crippen molar-refractivity contribution in [2.75, 3.05) is 20.3 Å². The molecule has 3 saturated carbocycles. The standard InChI is InChI=1S/C15H27NO/c1-11(9-17-2)15(10-16-14-5-6-14)8-12-3-4-13(15)7-12/h11-14,16H,3-10H2,1-2H3. The van der Waals surface area contributed by atoms with Gasteiger partial charge in [0.15, 0.2) is 0 Å². The Morgan fingerprint density at radius 2 is 2.12 bits per heavy atom. The summed E-state index contributed by atoms with van der Waals surface area (Å²) in [5.74, 6) is 2.72. The molecule has 0 saturated heterocycles. The van der Waals surface area contributed by atoms with Crippen molar-refractivity contribution in [3.63, 3.8) is 0 Å². The van der Waals surface area contributed by atoms with Crippen LogP contribution in [-0.4, -0.2) is 26.3 Å². The van der Waals surface area contributed by atoms with Crippen LogP contribution < -0.4 is 5.32 Å². The topological polar surface area (TPSA) is 21.3 Å². The van der Waals surface area contributed by atoms with Gasteiger partial charge in [0.25, 0.3) is 0 Å². The fourth-order valence-corrected chi connectivity index (χ4v) is 4.52. The number of rotatable bonds is 6. The van der Waals surface area contributed by atoms with Gasteiger partial charge < -0.3 is 10.1 Å². The second kappa shape index (κ2) is 4.55. The van der Waals surface area contributed by atoms with Crippen molar-refractivity contribution in [3.8, 4) is 0 Å². The number of methoxy groups -OCH3 is 1. The fraction of sp³-hybridized carbons (Fsp3) is 1.00. The van der Waals surface area contributed by atoms with E-state index in [9.17, 15) is 0 Å². The van der Waals surface area contributed by atoms with Gasteiger partial charge in [0.1, 0.15) is 0 Å². The quantitative estimate of drug-likeness (QED) is 0.767. The molecule has 0 amide bonds. The molecule has 2 nitrogen and oxygen atoms in total. The zero-order chi connectivity index (χ0) is 11.9. The average molecular weight is 237 g/mol. The predicted octanol–water partition coefficient (Wildman–Crippen LogP) is 2.83. The Bertz CT molecular complexity index is 276. The lowest BCUT2D eigenvalue weighted by Crippen LogP contribution is -2.45. The van der Waals surface area contributed by atoms with Crippen LogP contribution in [0.2, 0.25) is 0 Å². The monoisotopic (exact) mass is 237 g/mol. The molecular weight excluding hydrogens is 210 g/mol. The summed E-state index contributed by atoms with van der Waals surface area (Å²) >= 11 is 0. The van der Waals surface area contributed by atoms with E-state index < -0.39 is 0 Å². The number of fused-ring (bicyclic) bond motifs is 2. The molecule has 3 aliphatic carbocycles. The van der Waals surface area contributed by atoms with Gasteiger partial charge in [-0.15, -0.1) is 0 Å². The molecule has 1 N–H and O–H groups in total. The molecule has 98 valence electrons. The van der Waals surface area contributed by atoms with E-state index >= 15 is 0 Å². The average Bonchev–Trinajstić information content (AvgIpc) is 2.94. The van der Waals surface area contributed by atoms with Crippen LogP contribution in [0.1, 0.15) is 45.4 Å². The maximum atomic E-state index is 5.44. The summed E-state index contributed by atoms with van der Waals surface area (Å²) in [7, 11) is 1.85. The van der Waals surface area contributed by atoms with Crippen molar-refractivity contribution in [3.05, 3.63) is 0 Å². The Labute approximate surface area is 105 Å². The van der Waals surface area contributed by atoms with Gasteiger partial charge in [-0.2, -0.15) is 0 Å². The van der Waals surface area contributed by atoms with Crippen LogP contribution in [0.25, 0.3) is 0 Å². The van der Waals surface area contributed by atoms with Crippen LogP contribution in [0.15, 0.2) is 0 Å². The smallest absolute Gasteiger partial charge is 0.0493 e. The second-order valence-corrected chi connectivity index (χ2v) is 6.82. The molecule has 3 aliphatic rings. The molecule has 4 unspecified atom stereocenters. The first kappa shape index (κ1) is 12.0. The van der Waals surface area contributed by atoms with Gasteiger partial charge in [-0.1, -0.05) is 13.3 Å². The third-order valence-corrected chi connectivity index (χ3v) is 5.72. The first-order chi connectivity index (χ1) is 8.24. The molecule has 17 heavy (non-hydrogen) atoms. The number of ether oxygens (including phenoxy) is 1. The molecule has 4 atom stereocenters. The second-order valence-electron chi connectivity index (χ2n) is 6.82. The van der Waals surface area contributed by atoms with Crippen LogP contribution in [0.3, 0.4) is 0 Å². The Hall–Kier alpha value is -0.0800. The van der Waals surface area contributed by atoms with E-state index in [2.05, 4.69) is 12.2 Å². The Kier molecular flexibility index (Phi) is 3.20. The van der Waals surface area contributed by atoms with Crippen LogP contribution >= 0.6 is 0 Å². The summed E-state index contributed by atoms with van der Waals surface area (Å²) in [6, 6.07) is 0.848. The normalized spacial score (nSPS) is 42.0. The predicted molar refractivity (Wildman–Crippen MR) is 69.9 cm³/mol. The van der Waals surface area contributed by atoms with Gasteiger partial charge in [-0.05, 0) is 55.3 Å². The van der Waals surface area contributed by atoms with Gasteiger partial charge in [-0.25, -0.2) is 0 Å². The molecule has 0 aromatic rings. The lowest BCUT2D eigenvalue weighted by atomic mass is 9.65. The Morgan fingerprint density at radius 1 is 1.29 bits per heavy atom. The van der Waals surface area contributed by atoms with Gasteiger partial charge in [0.2, 0.25) is 0 Å². The number of hydrogen-bond acceptors (Lipinski definition) is 2. The van der Waals surface area contributed by atoms with Crippen molar-refractivity contribution in [2.24, 2.45) is 23.2 Å². The van der Waals surface area contributed by atoms with Gasteiger partial charge in [0.05, 0.1) is 0 Å². The first-order valence-corrected chi connectivity index (χ1v) is 7.47. The lowest BCUT2D eigenvalue weighted by molar-refractivity contribution is 0.0259. The number of nitrogens with one attached hydrogen (secondary N) is 1. The summed E-state index contributed by atoms with van der Waals surface area (Å²) in [4.78, 5) is 0. The van der Waals surface area contributed by atoms with E-state index in [1.165, 1.54) is 45.1 Å². The van der Waals surface area contributed by atoms with Crippen LogP contribution in [0.5, 0.6) is 0 Å². The van der Waals surface area contributed by atoms with Crippen LogP contribution in [0, 0.1) is 23.2 Å². The Morgan fingerprint density at radius 3 is 2.65 bits per heavy atom. The molecule has 0 aliphatic heterocycles. The minimum Gasteiger partial charge on any atom is -0.384 e. The molecule has 0 aromatic carbocycles. The van der Waals surface area contributed by atoms with Crippen molar-refractivity contribution >= 4 is 0 Å². The zero-order valence-corrected chi connectivity index (χ0v) is 11.4. The van der Waals surface area contributed by atoms with E-state index in [4.69, 9.17) is 4.74 Å². The number of hydrogen-bond donors (Lipinski definition) is 1. The lowest BCUT2D eigenvalue weighted by Gasteiger charge is -2.43. The summed E-state index contributed by atoms with van der Waals surface area (Å²) < 4.78 is 5.44. The minimum absolute atomic E-state index is 0.557. The van der Waals surface area contributed by atoms with Gasteiger partial charge >= 0.3 is 0 Å². The summed E-state index contributed by atoms with van der Waals surface area (Å²) in [5.41, 5.74) is 0.557. The third-order valence-electron chi connectivity index (χ3n) is 5.72. The third kappa shape index (κ3) is 2.15. The fourth-order valence-electron chi connectivity index (χ4n) is 4.52. The van der Waals surface area contributed by atoms with Crippen molar-refractivity contribution in [1.29, 1.82) is 0 Å². The summed E-state index contributed by atoms with van der Waals surface area (Å²) in [6.45, 7) is 4.61. The van der Waals surface area contributed by atoms with Gasteiger partial charge in [0, 0.05) is 26.3 Å². The highest BCUT2D eigenvalue weighted by atomic mass is 16.5. The molecule has 3 rings (SSSR count). The highest BCUT2D eigenvalue weighted by molar-refractivity contribution is 5.04. The molecule has 0 aromatic heterocycles. The van der Waals surface area contributed by atoms with Gasteiger partial charge in [-0.3, -0.25) is 0 Å².